The first kappa shape index (κ1) is 11.7. The lowest BCUT2D eigenvalue weighted by molar-refractivity contribution is -0.0303. The van der Waals surface area contributed by atoms with Gasteiger partial charge in [0.2, 0.25) is 0 Å². The van der Waals surface area contributed by atoms with Gasteiger partial charge in [0.15, 0.2) is 0 Å². The van der Waals surface area contributed by atoms with E-state index in [4.69, 9.17) is 22.1 Å². The lowest BCUT2D eigenvalue weighted by atomic mass is 10.2. The second-order valence-corrected chi connectivity index (χ2v) is 5.15. The van der Waals surface area contributed by atoms with E-state index in [0.717, 1.165) is 12.8 Å². The number of ether oxygens (including phenoxy) is 1. The summed E-state index contributed by atoms with van der Waals surface area (Å²) in [5.74, 6) is -0.0861. The first-order chi connectivity index (χ1) is 8.63. The highest BCUT2D eigenvalue weighted by Crippen LogP contribution is 2.28. The van der Waals surface area contributed by atoms with E-state index in [1.807, 2.05) is 0 Å². The molecule has 2 atom stereocenters. The zero-order valence-corrected chi connectivity index (χ0v) is 10.6. The predicted octanol–water partition coefficient (Wildman–Crippen LogP) is 1.32. The van der Waals surface area contributed by atoms with Gasteiger partial charge in [-0.05, 0) is 18.9 Å². The summed E-state index contributed by atoms with van der Waals surface area (Å²) in [6.45, 7) is 1.27. The third-order valence-electron chi connectivity index (χ3n) is 3.46. The minimum atomic E-state index is -0.0861. The number of pyridine rings is 1. The molecule has 0 aromatic carbocycles. The Balaban J connectivity index is 1.84. The van der Waals surface area contributed by atoms with Crippen molar-refractivity contribution in [3.05, 3.63) is 23.0 Å². The standard InChI is InChI=1S/C12H14ClN3O2/c13-11-3-9(10(14)4-15-11)12(17)16-5-7-1-2-8(6-16)18-7/h3-4,7-8H,1-2,5-6,14H2. The molecule has 3 heterocycles. The molecule has 0 spiro atoms. The Kier molecular flexibility index (Phi) is 2.87. The summed E-state index contributed by atoms with van der Waals surface area (Å²) in [6.07, 6.45) is 3.82. The van der Waals surface area contributed by atoms with Crippen LogP contribution in [0.25, 0.3) is 0 Å². The number of nitrogens with zero attached hydrogens (tertiary/aromatic N) is 2. The Hall–Kier alpha value is -1.33. The fourth-order valence-corrected chi connectivity index (χ4v) is 2.73. The van der Waals surface area contributed by atoms with Crippen LogP contribution in [0.1, 0.15) is 23.2 Å². The maximum absolute atomic E-state index is 12.4. The van der Waals surface area contributed by atoms with E-state index in [1.54, 1.807) is 4.90 Å². The van der Waals surface area contributed by atoms with E-state index in [2.05, 4.69) is 4.98 Å². The molecule has 6 heteroatoms. The van der Waals surface area contributed by atoms with Crippen LogP contribution in [-0.2, 0) is 4.74 Å². The highest BCUT2D eigenvalue weighted by Gasteiger charge is 2.36. The summed E-state index contributed by atoms with van der Waals surface area (Å²) in [7, 11) is 0. The average molecular weight is 268 g/mol. The summed E-state index contributed by atoms with van der Waals surface area (Å²) in [6, 6.07) is 1.52. The van der Waals surface area contributed by atoms with Crippen LogP contribution in [0.4, 0.5) is 5.69 Å². The number of morpholine rings is 1. The minimum absolute atomic E-state index is 0.0861. The van der Waals surface area contributed by atoms with Crippen molar-refractivity contribution < 1.29 is 9.53 Å². The lowest BCUT2D eigenvalue weighted by Crippen LogP contribution is -2.46. The average Bonchev–Trinajstić information content (AvgIpc) is 2.70. The van der Waals surface area contributed by atoms with Crippen molar-refractivity contribution in [1.29, 1.82) is 0 Å². The van der Waals surface area contributed by atoms with Crippen molar-refractivity contribution in [3.8, 4) is 0 Å². The van der Waals surface area contributed by atoms with Crippen molar-refractivity contribution in [3.63, 3.8) is 0 Å². The number of halogens is 1. The van der Waals surface area contributed by atoms with Gasteiger partial charge >= 0.3 is 0 Å². The van der Waals surface area contributed by atoms with Gasteiger partial charge in [0, 0.05) is 13.1 Å². The van der Waals surface area contributed by atoms with Crippen LogP contribution in [-0.4, -0.2) is 41.1 Å². The molecular formula is C12H14ClN3O2. The molecule has 1 aromatic rings. The monoisotopic (exact) mass is 267 g/mol. The van der Waals surface area contributed by atoms with Gasteiger partial charge in [-0.3, -0.25) is 4.79 Å². The molecule has 3 rings (SSSR count). The van der Waals surface area contributed by atoms with Crippen LogP contribution in [0.2, 0.25) is 5.15 Å². The highest BCUT2D eigenvalue weighted by molar-refractivity contribution is 6.29. The topological polar surface area (TPSA) is 68.5 Å². The number of amides is 1. The predicted molar refractivity (Wildman–Crippen MR) is 67.5 cm³/mol. The van der Waals surface area contributed by atoms with Crippen molar-refractivity contribution in [2.75, 3.05) is 18.8 Å². The van der Waals surface area contributed by atoms with Crippen molar-refractivity contribution in [2.24, 2.45) is 0 Å². The molecule has 0 saturated carbocycles. The zero-order valence-electron chi connectivity index (χ0n) is 9.80. The van der Waals surface area contributed by atoms with E-state index in [0.29, 0.717) is 24.3 Å². The SMILES string of the molecule is Nc1cnc(Cl)cc1C(=O)N1CC2CCC(C1)O2. The summed E-state index contributed by atoms with van der Waals surface area (Å²) in [5, 5.41) is 0.281. The number of rotatable bonds is 1. The van der Waals surface area contributed by atoms with Crippen LogP contribution < -0.4 is 5.73 Å². The molecule has 1 amide bonds. The fourth-order valence-electron chi connectivity index (χ4n) is 2.58. The van der Waals surface area contributed by atoms with Gasteiger partial charge in [0.1, 0.15) is 5.15 Å². The normalized spacial score (nSPS) is 26.4. The van der Waals surface area contributed by atoms with E-state index < -0.39 is 0 Å². The van der Waals surface area contributed by atoms with Gasteiger partial charge < -0.3 is 15.4 Å². The maximum Gasteiger partial charge on any atom is 0.256 e. The van der Waals surface area contributed by atoms with Crippen molar-refractivity contribution in [2.45, 2.75) is 25.0 Å². The van der Waals surface area contributed by atoms with Crippen molar-refractivity contribution >= 4 is 23.2 Å². The summed E-state index contributed by atoms with van der Waals surface area (Å²) < 4.78 is 5.70. The molecular weight excluding hydrogens is 254 g/mol. The molecule has 2 unspecified atom stereocenters. The van der Waals surface area contributed by atoms with Gasteiger partial charge in [0.25, 0.3) is 5.91 Å². The van der Waals surface area contributed by atoms with Gasteiger partial charge in [-0.1, -0.05) is 11.6 Å². The number of carbonyl (C=O) groups is 1. The van der Waals surface area contributed by atoms with Crippen LogP contribution in [0, 0.1) is 0 Å². The molecule has 2 aliphatic rings. The molecule has 0 aliphatic carbocycles. The van der Waals surface area contributed by atoms with E-state index in [9.17, 15) is 4.79 Å². The maximum atomic E-state index is 12.4. The summed E-state index contributed by atoms with van der Waals surface area (Å²) in [5.41, 5.74) is 6.57. The van der Waals surface area contributed by atoms with E-state index in [-0.39, 0.29) is 23.3 Å². The smallest absolute Gasteiger partial charge is 0.256 e. The van der Waals surface area contributed by atoms with Crippen LogP contribution >= 0.6 is 11.6 Å². The third kappa shape index (κ3) is 2.04. The van der Waals surface area contributed by atoms with Gasteiger partial charge in [-0.15, -0.1) is 0 Å². The van der Waals surface area contributed by atoms with Crippen LogP contribution in [0.15, 0.2) is 12.3 Å². The Labute approximate surface area is 110 Å². The molecule has 2 saturated heterocycles. The van der Waals surface area contributed by atoms with Crippen LogP contribution in [0.3, 0.4) is 0 Å². The Morgan fingerprint density at radius 2 is 2.11 bits per heavy atom. The summed E-state index contributed by atoms with van der Waals surface area (Å²) in [4.78, 5) is 18.0. The van der Waals surface area contributed by atoms with Crippen molar-refractivity contribution in [1.82, 2.24) is 9.88 Å². The number of likely N-dealkylation sites (tertiary alicyclic amines) is 1. The number of nitrogen functional groups attached to an aromatic ring is 1. The Bertz CT molecular complexity index is 482. The molecule has 18 heavy (non-hydrogen) atoms. The third-order valence-corrected chi connectivity index (χ3v) is 3.67. The number of hydrogen-bond acceptors (Lipinski definition) is 4. The molecule has 96 valence electrons. The second-order valence-electron chi connectivity index (χ2n) is 4.76. The zero-order chi connectivity index (χ0) is 12.7. The first-order valence-electron chi connectivity index (χ1n) is 5.99. The summed E-state index contributed by atoms with van der Waals surface area (Å²) >= 11 is 5.81. The molecule has 2 N–H and O–H groups in total. The van der Waals surface area contributed by atoms with E-state index >= 15 is 0 Å². The first-order valence-corrected chi connectivity index (χ1v) is 6.37. The number of anilines is 1. The number of carbonyl (C=O) groups excluding carboxylic acids is 1. The largest absolute Gasteiger partial charge is 0.397 e. The molecule has 2 fully saturated rings. The molecule has 0 radical (unpaired) electrons. The van der Waals surface area contributed by atoms with Gasteiger partial charge in [-0.2, -0.15) is 0 Å². The van der Waals surface area contributed by atoms with Gasteiger partial charge in [-0.25, -0.2) is 4.98 Å². The fraction of sp³-hybridized carbons (Fsp3) is 0.500. The van der Waals surface area contributed by atoms with E-state index in [1.165, 1.54) is 12.3 Å². The quantitative estimate of drug-likeness (QED) is 0.779. The minimum Gasteiger partial charge on any atom is -0.397 e. The number of hydrogen-bond donors (Lipinski definition) is 1. The molecule has 2 aliphatic heterocycles. The van der Waals surface area contributed by atoms with Gasteiger partial charge in [0.05, 0.1) is 29.7 Å². The van der Waals surface area contributed by atoms with Crippen LogP contribution in [0.5, 0.6) is 0 Å². The molecule has 5 nitrogen and oxygen atoms in total. The Morgan fingerprint density at radius 3 is 2.78 bits per heavy atom. The highest BCUT2D eigenvalue weighted by atomic mass is 35.5. The lowest BCUT2D eigenvalue weighted by Gasteiger charge is -2.32. The number of fused-ring (bicyclic) bond motifs is 2. The number of aromatic nitrogens is 1. The second kappa shape index (κ2) is 4.40. The number of nitrogens with two attached hydrogens (primary N) is 1. The molecule has 2 bridgehead atoms. The molecule has 1 aromatic heterocycles. The Morgan fingerprint density at radius 1 is 1.44 bits per heavy atom.